The number of amides is 1. The van der Waals surface area contributed by atoms with E-state index >= 15 is 0 Å². The Bertz CT molecular complexity index is 1020. The fourth-order valence-corrected chi connectivity index (χ4v) is 5.27. The van der Waals surface area contributed by atoms with Crippen molar-refractivity contribution < 1.29 is 17.9 Å². The molecular formula is C23H30N2O4S. The number of hydrogen-bond donors (Lipinski definition) is 1. The zero-order chi connectivity index (χ0) is 21.9. The summed E-state index contributed by atoms with van der Waals surface area (Å²) in [6.45, 7) is 3.74. The second kappa shape index (κ2) is 9.08. The molecule has 0 heterocycles. The molecule has 0 aliphatic heterocycles. The maximum absolute atomic E-state index is 13.2. The molecule has 30 heavy (non-hydrogen) atoms. The molecule has 1 aliphatic rings. The molecule has 1 N–H and O–H groups in total. The molecule has 0 unspecified atom stereocenters. The molecule has 1 amide bonds. The Balaban J connectivity index is 1.85. The molecular weight excluding hydrogens is 400 g/mol. The molecule has 0 radical (unpaired) electrons. The molecule has 0 bridgehead atoms. The molecule has 0 fully saturated rings. The number of nitrogens with zero attached hydrogens (tertiary/aromatic N) is 1. The maximum Gasteiger partial charge on any atom is 0.244 e. The van der Waals surface area contributed by atoms with Gasteiger partial charge in [-0.3, -0.25) is 9.10 Å². The SMILES string of the molecule is CC[C@H](C(=O)N[C@H](C)c1ccc2c(c1)CCC2)N(c1cccc(OC)c1)S(C)(=O)=O. The molecule has 7 heteroatoms. The van der Waals surface area contributed by atoms with Crippen molar-refractivity contribution in [2.24, 2.45) is 0 Å². The molecule has 2 atom stereocenters. The Morgan fingerprint density at radius 1 is 1.17 bits per heavy atom. The van der Waals surface area contributed by atoms with Crippen LogP contribution < -0.4 is 14.4 Å². The second-order valence-corrected chi connectivity index (χ2v) is 9.66. The van der Waals surface area contributed by atoms with Gasteiger partial charge in [-0.15, -0.1) is 0 Å². The minimum atomic E-state index is -3.69. The Hall–Kier alpha value is -2.54. The Morgan fingerprint density at radius 2 is 1.90 bits per heavy atom. The predicted molar refractivity (Wildman–Crippen MR) is 119 cm³/mol. The van der Waals surface area contributed by atoms with Gasteiger partial charge in [0.15, 0.2) is 0 Å². The number of fused-ring (bicyclic) bond motifs is 1. The van der Waals surface area contributed by atoms with Crippen molar-refractivity contribution in [3.63, 3.8) is 0 Å². The summed E-state index contributed by atoms with van der Waals surface area (Å²) in [6, 6.07) is 12.0. The van der Waals surface area contributed by atoms with Gasteiger partial charge in [0.25, 0.3) is 0 Å². The first-order chi connectivity index (χ1) is 14.2. The van der Waals surface area contributed by atoms with Gasteiger partial charge >= 0.3 is 0 Å². The average Bonchev–Trinajstić information content (AvgIpc) is 3.18. The number of sulfonamides is 1. The van der Waals surface area contributed by atoms with Crippen LogP contribution in [0.2, 0.25) is 0 Å². The van der Waals surface area contributed by atoms with Gasteiger partial charge in [-0.2, -0.15) is 0 Å². The largest absolute Gasteiger partial charge is 0.497 e. The number of aryl methyl sites for hydroxylation is 2. The third-order valence-electron chi connectivity index (χ3n) is 5.62. The number of carbonyl (C=O) groups is 1. The smallest absolute Gasteiger partial charge is 0.244 e. The maximum atomic E-state index is 13.2. The zero-order valence-corrected chi connectivity index (χ0v) is 18.8. The summed E-state index contributed by atoms with van der Waals surface area (Å²) >= 11 is 0. The van der Waals surface area contributed by atoms with E-state index in [4.69, 9.17) is 4.74 Å². The minimum Gasteiger partial charge on any atom is -0.497 e. The highest BCUT2D eigenvalue weighted by Crippen LogP contribution is 2.28. The van der Waals surface area contributed by atoms with Crippen LogP contribution in [0.3, 0.4) is 0 Å². The highest BCUT2D eigenvalue weighted by Gasteiger charge is 2.32. The van der Waals surface area contributed by atoms with E-state index in [-0.39, 0.29) is 11.9 Å². The Kier molecular flexibility index (Phi) is 6.71. The van der Waals surface area contributed by atoms with Crippen LogP contribution in [0.5, 0.6) is 5.75 Å². The van der Waals surface area contributed by atoms with E-state index in [1.807, 2.05) is 19.9 Å². The van der Waals surface area contributed by atoms with Gasteiger partial charge in [0.1, 0.15) is 11.8 Å². The molecule has 6 nitrogen and oxygen atoms in total. The molecule has 3 rings (SSSR count). The number of methoxy groups -OCH3 is 1. The Labute approximate surface area is 179 Å². The van der Waals surface area contributed by atoms with E-state index in [1.54, 1.807) is 24.3 Å². The van der Waals surface area contributed by atoms with Crippen molar-refractivity contribution >= 4 is 21.6 Å². The van der Waals surface area contributed by atoms with Crippen LogP contribution in [-0.4, -0.2) is 33.7 Å². The number of hydrogen-bond acceptors (Lipinski definition) is 4. The number of benzene rings is 2. The van der Waals surface area contributed by atoms with E-state index in [0.29, 0.717) is 17.9 Å². The molecule has 162 valence electrons. The number of anilines is 1. The highest BCUT2D eigenvalue weighted by atomic mass is 32.2. The van der Waals surface area contributed by atoms with Crippen LogP contribution >= 0.6 is 0 Å². The first kappa shape index (κ1) is 22.2. The van der Waals surface area contributed by atoms with Crippen LogP contribution in [0.1, 0.15) is 49.4 Å². The topological polar surface area (TPSA) is 75.7 Å². The molecule has 1 aliphatic carbocycles. The second-order valence-electron chi connectivity index (χ2n) is 7.80. The van der Waals surface area contributed by atoms with Crippen LogP contribution in [-0.2, 0) is 27.7 Å². The summed E-state index contributed by atoms with van der Waals surface area (Å²) in [5, 5.41) is 3.01. The highest BCUT2D eigenvalue weighted by molar-refractivity contribution is 7.92. The molecule has 2 aromatic carbocycles. The van der Waals surface area contributed by atoms with Gasteiger partial charge in [-0.05, 0) is 61.4 Å². The van der Waals surface area contributed by atoms with E-state index in [2.05, 4.69) is 17.4 Å². The predicted octanol–water partition coefficient (Wildman–Crippen LogP) is 3.61. The quantitative estimate of drug-likeness (QED) is 0.694. The van der Waals surface area contributed by atoms with E-state index in [0.717, 1.165) is 24.7 Å². The summed E-state index contributed by atoms with van der Waals surface area (Å²) in [5.41, 5.74) is 4.16. The van der Waals surface area contributed by atoms with Gasteiger partial charge in [-0.25, -0.2) is 8.42 Å². The average molecular weight is 431 g/mol. The van der Waals surface area contributed by atoms with E-state index < -0.39 is 16.1 Å². The minimum absolute atomic E-state index is 0.218. The van der Waals surface area contributed by atoms with Crippen LogP contribution in [0.4, 0.5) is 5.69 Å². The summed E-state index contributed by atoms with van der Waals surface area (Å²) in [7, 11) is -2.17. The number of carbonyl (C=O) groups excluding carboxylic acids is 1. The molecule has 2 aromatic rings. The lowest BCUT2D eigenvalue weighted by molar-refractivity contribution is -0.122. The van der Waals surface area contributed by atoms with Crippen molar-refractivity contribution in [2.45, 2.75) is 51.6 Å². The summed E-state index contributed by atoms with van der Waals surface area (Å²) in [4.78, 5) is 13.2. The molecule has 0 spiro atoms. The van der Waals surface area contributed by atoms with Crippen molar-refractivity contribution in [1.82, 2.24) is 5.32 Å². The van der Waals surface area contributed by atoms with Gasteiger partial charge < -0.3 is 10.1 Å². The van der Waals surface area contributed by atoms with Crippen LogP contribution in [0.25, 0.3) is 0 Å². The standard InChI is InChI=1S/C23H30N2O4S/c1-5-22(25(30(4,27)28)20-10-7-11-21(15-20)29-3)23(26)24-16(2)18-13-12-17-8-6-9-19(17)14-18/h7,10-16,22H,5-6,8-9H2,1-4H3,(H,24,26)/t16-,22-/m1/s1. The van der Waals surface area contributed by atoms with Gasteiger partial charge in [-0.1, -0.05) is 31.2 Å². The normalized spacial score (nSPS) is 15.2. The van der Waals surface area contributed by atoms with Crippen LogP contribution in [0, 0.1) is 0 Å². The van der Waals surface area contributed by atoms with Gasteiger partial charge in [0, 0.05) is 6.07 Å². The van der Waals surface area contributed by atoms with Gasteiger partial charge in [0.2, 0.25) is 15.9 Å². The number of ether oxygens (including phenoxy) is 1. The third kappa shape index (κ3) is 4.78. The van der Waals surface area contributed by atoms with Crippen molar-refractivity contribution in [3.05, 3.63) is 59.2 Å². The zero-order valence-electron chi connectivity index (χ0n) is 18.0. The first-order valence-corrected chi connectivity index (χ1v) is 12.1. The summed E-state index contributed by atoms with van der Waals surface area (Å²) < 4.78 is 31.7. The van der Waals surface area contributed by atoms with Crippen LogP contribution in [0.15, 0.2) is 42.5 Å². The first-order valence-electron chi connectivity index (χ1n) is 10.3. The van der Waals surface area contributed by atoms with E-state index in [9.17, 15) is 13.2 Å². The lowest BCUT2D eigenvalue weighted by Crippen LogP contribution is -2.49. The van der Waals surface area contributed by atoms with E-state index in [1.165, 1.54) is 29.0 Å². The fraction of sp³-hybridized carbons (Fsp3) is 0.435. The monoisotopic (exact) mass is 430 g/mol. The number of nitrogens with one attached hydrogen (secondary N) is 1. The fourth-order valence-electron chi connectivity index (χ4n) is 4.06. The number of rotatable bonds is 8. The van der Waals surface area contributed by atoms with Crippen molar-refractivity contribution in [1.29, 1.82) is 0 Å². The molecule has 0 saturated carbocycles. The lowest BCUT2D eigenvalue weighted by atomic mass is 10.0. The lowest BCUT2D eigenvalue weighted by Gasteiger charge is -2.31. The van der Waals surface area contributed by atoms with Crippen molar-refractivity contribution in [2.75, 3.05) is 17.7 Å². The third-order valence-corrected chi connectivity index (χ3v) is 6.80. The molecule has 0 saturated heterocycles. The van der Waals surface area contributed by atoms with Gasteiger partial charge in [0.05, 0.1) is 25.1 Å². The summed E-state index contributed by atoms with van der Waals surface area (Å²) in [5.74, 6) is 0.210. The summed E-state index contributed by atoms with van der Waals surface area (Å²) in [6.07, 6.45) is 4.80. The molecule has 0 aromatic heterocycles. The van der Waals surface area contributed by atoms with Crippen molar-refractivity contribution in [3.8, 4) is 5.75 Å². The Morgan fingerprint density at radius 3 is 2.57 bits per heavy atom.